The van der Waals surface area contributed by atoms with Crippen molar-refractivity contribution in [2.24, 2.45) is 5.92 Å². The minimum absolute atomic E-state index is 0.306. The van der Waals surface area contributed by atoms with Crippen LogP contribution in [-0.4, -0.2) is 21.8 Å². The molecule has 0 bridgehead atoms. The monoisotopic (exact) mass is 130 g/mol. The van der Waals surface area contributed by atoms with Crippen molar-refractivity contribution in [3.8, 4) is 0 Å². The van der Waals surface area contributed by atoms with Crippen LogP contribution in [0.25, 0.3) is 0 Å². The summed E-state index contributed by atoms with van der Waals surface area (Å²) in [7, 11) is 0. The Hall–Kier alpha value is -0.570. The van der Waals surface area contributed by atoms with E-state index in [1.807, 2.05) is 0 Å². The van der Waals surface area contributed by atoms with Crippen LogP contribution < -0.4 is 0 Å². The van der Waals surface area contributed by atoms with Crippen LogP contribution in [0.3, 0.4) is 0 Å². The maximum Gasteiger partial charge on any atom is 0.306 e. The largest absolute Gasteiger partial charge is 0.481 e. The summed E-state index contributed by atoms with van der Waals surface area (Å²) >= 11 is 0. The average molecular weight is 130 g/mol. The number of hydrogen-bond acceptors (Lipinski definition) is 2. The fourth-order valence-electron chi connectivity index (χ4n) is 1.18. The van der Waals surface area contributed by atoms with E-state index in [0.29, 0.717) is 12.8 Å². The molecule has 0 unspecified atom stereocenters. The molecule has 3 nitrogen and oxygen atoms in total. The van der Waals surface area contributed by atoms with Crippen LogP contribution in [0.15, 0.2) is 0 Å². The quantitative estimate of drug-likeness (QED) is 0.534. The van der Waals surface area contributed by atoms with Crippen LogP contribution in [0.2, 0.25) is 0 Å². The smallest absolute Gasteiger partial charge is 0.306 e. The van der Waals surface area contributed by atoms with Crippen molar-refractivity contribution >= 4 is 5.97 Å². The van der Waals surface area contributed by atoms with Crippen LogP contribution in [0.4, 0.5) is 0 Å². The first-order valence-corrected chi connectivity index (χ1v) is 2.96. The molecule has 0 heterocycles. The van der Waals surface area contributed by atoms with Crippen molar-refractivity contribution < 1.29 is 15.0 Å². The predicted octanol–water partition coefficient (Wildman–Crippen LogP) is 0.232. The molecule has 1 rings (SSSR count). The van der Waals surface area contributed by atoms with Crippen molar-refractivity contribution in [3.63, 3.8) is 0 Å². The number of rotatable bonds is 1. The van der Waals surface area contributed by atoms with Crippen LogP contribution in [0.1, 0.15) is 19.8 Å². The zero-order valence-electron chi connectivity index (χ0n) is 5.29. The highest BCUT2D eigenvalue weighted by Crippen LogP contribution is 2.36. The second-order valence-corrected chi connectivity index (χ2v) is 2.94. The van der Waals surface area contributed by atoms with E-state index in [0.717, 1.165) is 0 Å². The van der Waals surface area contributed by atoms with Gasteiger partial charge in [0, 0.05) is 0 Å². The van der Waals surface area contributed by atoms with Gasteiger partial charge in [0.05, 0.1) is 11.5 Å². The maximum absolute atomic E-state index is 10.2. The van der Waals surface area contributed by atoms with Crippen molar-refractivity contribution in [2.75, 3.05) is 0 Å². The molecular formula is C6H10O3. The molecule has 0 aromatic carbocycles. The molecular weight excluding hydrogens is 120 g/mol. The van der Waals surface area contributed by atoms with E-state index in [1.54, 1.807) is 6.92 Å². The lowest BCUT2D eigenvalue weighted by Gasteiger charge is -2.38. The number of aliphatic carboxylic acids is 1. The van der Waals surface area contributed by atoms with Gasteiger partial charge >= 0.3 is 5.97 Å². The molecule has 1 aliphatic carbocycles. The molecule has 1 aliphatic rings. The minimum atomic E-state index is -0.790. The number of carboxylic acid groups (broad SMARTS) is 1. The van der Waals surface area contributed by atoms with E-state index < -0.39 is 11.6 Å². The summed E-state index contributed by atoms with van der Waals surface area (Å²) in [6.07, 6.45) is 0.810. The Morgan fingerprint density at radius 3 is 2.22 bits per heavy atom. The molecule has 9 heavy (non-hydrogen) atoms. The normalized spacial score (nSPS) is 41.8. The van der Waals surface area contributed by atoms with Gasteiger partial charge in [0.1, 0.15) is 0 Å². The van der Waals surface area contributed by atoms with E-state index >= 15 is 0 Å². The fourth-order valence-corrected chi connectivity index (χ4v) is 1.18. The maximum atomic E-state index is 10.2. The van der Waals surface area contributed by atoms with Gasteiger partial charge in [-0.3, -0.25) is 4.79 Å². The zero-order valence-corrected chi connectivity index (χ0v) is 5.29. The second kappa shape index (κ2) is 1.70. The Labute approximate surface area is 53.3 Å². The zero-order chi connectivity index (χ0) is 7.07. The number of carbonyl (C=O) groups is 1. The van der Waals surface area contributed by atoms with Crippen LogP contribution >= 0.6 is 0 Å². The van der Waals surface area contributed by atoms with E-state index in [4.69, 9.17) is 10.2 Å². The summed E-state index contributed by atoms with van der Waals surface area (Å²) in [6.45, 7) is 1.66. The Kier molecular flexibility index (Phi) is 1.24. The van der Waals surface area contributed by atoms with Gasteiger partial charge in [-0.25, -0.2) is 0 Å². The summed E-state index contributed by atoms with van der Waals surface area (Å²) in [4.78, 5) is 10.2. The third-order valence-electron chi connectivity index (χ3n) is 1.72. The van der Waals surface area contributed by atoms with Gasteiger partial charge in [0.25, 0.3) is 0 Å². The Bertz CT molecular complexity index is 131. The first-order valence-electron chi connectivity index (χ1n) is 2.96. The molecule has 3 heteroatoms. The molecule has 52 valence electrons. The molecule has 1 fully saturated rings. The highest BCUT2D eigenvalue weighted by atomic mass is 16.4. The van der Waals surface area contributed by atoms with Gasteiger partial charge in [-0.1, -0.05) is 0 Å². The lowest BCUT2D eigenvalue weighted by molar-refractivity contribution is -0.156. The first kappa shape index (κ1) is 6.55. The standard InChI is InChI=1S/C6H10O3/c1-6(9)2-4(3-6)5(7)8/h4,9H,2-3H2,1H3,(H,7,8). The highest BCUT2D eigenvalue weighted by molar-refractivity contribution is 5.71. The van der Waals surface area contributed by atoms with Crippen LogP contribution in [0.5, 0.6) is 0 Å². The second-order valence-electron chi connectivity index (χ2n) is 2.94. The molecule has 0 radical (unpaired) electrons. The SMILES string of the molecule is CC1(O)CC(C(=O)O)C1. The third kappa shape index (κ3) is 1.21. The van der Waals surface area contributed by atoms with Crippen molar-refractivity contribution in [3.05, 3.63) is 0 Å². The number of aliphatic hydroxyl groups is 1. The van der Waals surface area contributed by atoms with Crippen LogP contribution in [0, 0.1) is 5.92 Å². The third-order valence-corrected chi connectivity index (χ3v) is 1.72. The fraction of sp³-hybridized carbons (Fsp3) is 0.833. The van der Waals surface area contributed by atoms with Crippen molar-refractivity contribution in [1.82, 2.24) is 0 Å². The molecule has 0 spiro atoms. The summed E-state index contributed by atoms with van der Waals surface area (Å²) in [5.74, 6) is -1.10. The first-order chi connectivity index (χ1) is 4.01. The molecule has 0 aliphatic heterocycles. The van der Waals surface area contributed by atoms with E-state index in [-0.39, 0.29) is 5.92 Å². The van der Waals surface area contributed by atoms with E-state index in [1.165, 1.54) is 0 Å². The number of hydrogen-bond donors (Lipinski definition) is 2. The lowest BCUT2D eigenvalue weighted by atomic mass is 9.72. The average Bonchev–Trinajstić information content (AvgIpc) is 1.59. The molecule has 0 aromatic heterocycles. The lowest BCUT2D eigenvalue weighted by Crippen LogP contribution is -2.44. The van der Waals surface area contributed by atoms with Gasteiger partial charge in [-0.15, -0.1) is 0 Å². The Morgan fingerprint density at radius 1 is 1.67 bits per heavy atom. The summed E-state index contributed by atoms with van der Waals surface area (Å²) in [6, 6.07) is 0. The molecule has 2 N–H and O–H groups in total. The summed E-state index contributed by atoms with van der Waals surface area (Å²) in [5, 5.41) is 17.4. The highest BCUT2D eigenvalue weighted by Gasteiger charge is 2.42. The predicted molar refractivity (Wildman–Crippen MR) is 31.0 cm³/mol. The summed E-state index contributed by atoms with van der Waals surface area (Å²) < 4.78 is 0. The molecule has 0 aromatic rings. The van der Waals surface area contributed by atoms with Gasteiger partial charge in [0.15, 0.2) is 0 Å². The molecule has 0 atom stereocenters. The molecule has 0 amide bonds. The minimum Gasteiger partial charge on any atom is -0.481 e. The van der Waals surface area contributed by atoms with Crippen LogP contribution in [-0.2, 0) is 4.79 Å². The number of carboxylic acids is 1. The van der Waals surface area contributed by atoms with Gasteiger partial charge in [-0.2, -0.15) is 0 Å². The Balaban J connectivity index is 2.35. The van der Waals surface area contributed by atoms with Gasteiger partial charge in [0.2, 0.25) is 0 Å². The van der Waals surface area contributed by atoms with Crippen molar-refractivity contribution in [1.29, 1.82) is 0 Å². The van der Waals surface area contributed by atoms with Gasteiger partial charge in [-0.05, 0) is 19.8 Å². The van der Waals surface area contributed by atoms with E-state index in [2.05, 4.69) is 0 Å². The van der Waals surface area contributed by atoms with Crippen molar-refractivity contribution in [2.45, 2.75) is 25.4 Å². The summed E-state index contributed by atoms with van der Waals surface area (Å²) in [5.41, 5.74) is -0.705. The van der Waals surface area contributed by atoms with Gasteiger partial charge < -0.3 is 10.2 Å². The molecule has 0 saturated heterocycles. The molecule has 1 saturated carbocycles. The Morgan fingerprint density at radius 2 is 2.11 bits per heavy atom. The van der Waals surface area contributed by atoms with E-state index in [9.17, 15) is 4.79 Å². The topological polar surface area (TPSA) is 57.5 Å².